The molecule has 2 amide bonds. The van der Waals surface area contributed by atoms with E-state index in [0.29, 0.717) is 25.3 Å². The zero-order chi connectivity index (χ0) is 18.1. The van der Waals surface area contributed by atoms with Crippen LogP contribution < -0.4 is 5.32 Å². The molecular formula is C19H24N4O2. The number of hydrogen-bond acceptors (Lipinski definition) is 4. The lowest BCUT2D eigenvalue weighted by Gasteiger charge is -2.21. The molecule has 2 aromatic rings. The molecule has 0 aliphatic carbocycles. The molecule has 0 unspecified atom stereocenters. The molecule has 2 heterocycles. The number of amides is 2. The molecule has 0 fully saturated rings. The van der Waals surface area contributed by atoms with E-state index >= 15 is 0 Å². The Hall–Kier alpha value is -2.76. The minimum atomic E-state index is -0.302. The van der Waals surface area contributed by atoms with Crippen molar-refractivity contribution < 1.29 is 9.59 Å². The first-order valence-corrected chi connectivity index (χ1v) is 8.59. The highest BCUT2D eigenvalue weighted by Gasteiger charge is 2.17. The average Bonchev–Trinajstić information content (AvgIpc) is 2.66. The second kappa shape index (κ2) is 9.52. The molecule has 1 N–H and O–H groups in total. The summed E-state index contributed by atoms with van der Waals surface area (Å²) in [5, 5.41) is 2.81. The second-order valence-electron chi connectivity index (χ2n) is 5.74. The number of nitrogens with zero attached hydrogens (tertiary/aromatic N) is 3. The Morgan fingerprint density at radius 3 is 2.28 bits per heavy atom. The van der Waals surface area contributed by atoms with Crippen LogP contribution in [0.15, 0.2) is 42.7 Å². The van der Waals surface area contributed by atoms with E-state index in [2.05, 4.69) is 15.3 Å². The van der Waals surface area contributed by atoms with E-state index in [1.165, 1.54) is 0 Å². The summed E-state index contributed by atoms with van der Waals surface area (Å²) in [4.78, 5) is 34.9. The van der Waals surface area contributed by atoms with Gasteiger partial charge in [-0.05, 0) is 42.7 Å². The molecule has 0 saturated heterocycles. The minimum absolute atomic E-state index is 0.132. The van der Waals surface area contributed by atoms with Gasteiger partial charge in [-0.2, -0.15) is 0 Å². The molecule has 0 spiro atoms. The van der Waals surface area contributed by atoms with Crippen molar-refractivity contribution in [2.45, 2.75) is 33.2 Å². The second-order valence-corrected chi connectivity index (χ2v) is 5.74. The van der Waals surface area contributed by atoms with Crippen LogP contribution in [0.2, 0.25) is 0 Å². The predicted octanol–water partition coefficient (Wildman–Crippen LogP) is 2.67. The summed E-state index contributed by atoms with van der Waals surface area (Å²) < 4.78 is 0. The van der Waals surface area contributed by atoms with Crippen molar-refractivity contribution in [3.8, 4) is 0 Å². The van der Waals surface area contributed by atoms with Gasteiger partial charge < -0.3 is 10.2 Å². The first kappa shape index (κ1) is 18.6. The third-order valence-electron chi connectivity index (χ3n) is 3.68. The quantitative estimate of drug-likeness (QED) is 0.802. The van der Waals surface area contributed by atoms with E-state index in [0.717, 1.165) is 18.4 Å². The normalized spacial score (nSPS) is 10.3. The van der Waals surface area contributed by atoms with Crippen molar-refractivity contribution in [3.63, 3.8) is 0 Å². The molecule has 0 aliphatic rings. The number of rotatable bonds is 8. The third kappa shape index (κ3) is 5.38. The van der Waals surface area contributed by atoms with Crippen LogP contribution >= 0.6 is 0 Å². The van der Waals surface area contributed by atoms with Gasteiger partial charge in [-0.25, -0.2) is 4.98 Å². The maximum atomic E-state index is 12.6. The molecule has 25 heavy (non-hydrogen) atoms. The Morgan fingerprint density at radius 1 is 1.00 bits per heavy atom. The largest absolute Gasteiger partial charge is 0.347 e. The molecule has 6 nitrogen and oxygen atoms in total. The van der Waals surface area contributed by atoms with Crippen molar-refractivity contribution in [1.82, 2.24) is 20.2 Å². The molecule has 2 rings (SSSR count). The summed E-state index contributed by atoms with van der Waals surface area (Å²) in [5.41, 5.74) is 1.50. The first-order chi connectivity index (χ1) is 12.2. The molecule has 6 heteroatoms. The summed E-state index contributed by atoms with van der Waals surface area (Å²) in [6.45, 7) is 5.83. The number of hydrogen-bond donors (Lipinski definition) is 1. The van der Waals surface area contributed by atoms with Gasteiger partial charge in [-0.1, -0.05) is 19.9 Å². The van der Waals surface area contributed by atoms with Gasteiger partial charge in [0.1, 0.15) is 11.4 Å². The van der Waals surface area contributed by atoms with E-state index in [9.17, 15) is 9.59 Å². The van der Waals surface area contributed by atoms with E-state index in [4.69, 9.17) is 0 Å². The first-order valence-electron chi connectivity index (χ1n) is 8.59. The Bertz CT molecular complexity index is 698. The highest BCUT2D eigenvalue weighted by molar-refractivity contribution is 5.96. The summed E-state index contributed by atoms with van der Waals surface area (Å²) in [5.74, 6) is -0.434. The molecular weight excluding hydrogens is 316 g/mol. The summed E-state index contributed by atoms with van der Waals surface area (Å²) in [6.07, 6.45) is 5.12. The Kier molecular flexibility index (Phi) is 7.07. The SMILES string of the molecule is CCCN(CCC)C(=O)c1cccc(C(=O)NCc2ccncc2)n1. The van der Waals surface area contributed by atoms with Crippen molar-refractivity contribution in [2.24, 2.45) is 0 Å². The molecule has 0 radical (unpaired) electrons. The van der Waals surface area contributed by atoms with E-state index in [1.807, 2.05) is 26.0 Å². The fraction of sp³-hybridized carbons (Fsp3) is 0.368. The number of pyridine rings is 2. The minimum Gasteiger partial charge on any atom is -0.347 e. The zero-order valence-electron chi connectivity index (χ0n) is 14.7. The molecule has 2 aromatic heterocycles. The lowest BCUT2D eigenvalue weighted by atomic mass is 10.2. The predicted molar refractivity (Wildman–Crippen MR) is 96.1 cm³/mol. The maximum Gasteiger partial charge on any atom is 0.272 e. The van der Waals surface area contributed by atoms with E-state index < -0.39 is 0 Å². The number of carbonyl (C=O) groups excluding carboxylic acids is 2. The molecule has 0 atom stereocenters. The van der Waals surface area contributed by atoms with Crippen LogP contribution in [0.4, 0.5) is 0 Å². The van der Waals surface area contributed by atoms with Gasteiger partial charge in [0.05, 0.1) is 0 Å². The summed E-state index contributed by atoms with van der Waals surface area (Å²) in [7, 11) is 0. The molecule has 0 bridgehead atoms. The lowest BCUT2D eigenvalue weighted by molar-refractivity contribution is 0.0749. The van der Waals surface area contributed by atoms with Gasteiger partial charge in [0.25, 0.3) is 11.8 Å². The van der Waals surface area contributed by atoms with Gasteiger partial charge >= 0.3 is 0 Å². The van der Waals surface area contributed by atoms with Gasteiger partial charge in [0.2, 0.25) is 0 Å². The van der Waals surface area contributed by atoms with Crippen LogP contribution in [0.5, 0.6) is 0 Å². The molecule has 0 aromatic carbocycles. The Labute approximate surface area is 148 Å². The third-order valence-corrected chi connectivity index (χ3v) is 3.68. The molecule has 0 saturated carbocycles. The van der Waals surface area contributed by atoms with Crippen LogP contribution in [-0.2, 0) is 6.54 Å². The fourth-order valence-electron chi connectivity index (χ4n) is 2.47. The molecule has 132 valence electrons. The lowest BCUT2D eigenvalue weighted by Crippen LogP contribution is -2.33. The van der Waals surface area contributed by atoms with Gasteiger partial charge in [0, 0.05) is 32.0 Å². The van der Waals surface area contributed by atoms with Gasteiger partial charge in [-0.3, -0.25) is 14.6 Å². The van der Waals surface area contributed by atoms with Crippen LogP contribution in [0.25, 0.3) is 0 Å². The van der Waals surface area contributed by atoms with Crippen molar-refractivity contribution in [1.29, 1.82) is 0 Å². The smallest absolute Gasteiger partial charge is 0.272 e. The standard InChI is InChI=1S/C19H24N4O2/c1-3-12-23(13-4-2)19(25)17-7-5-6-16(22-17)18(24)21-14-15-8-10-20-11-9-15/h5-11H,3-4,12-14H2,1-2H3,(H,21,24). The van der Waals surface area contributed by atoms with E-state index in [1.54, 1.807) is 35.5 Å². The van der Waals surface area contributed by atoms with Crippen molar-refractivity contribution >= 4 is 11.8 Å². The topological polar surface area (TPSA) is 75.2 Å². The fourth-order valence-corrected chi connectivity index (χ4v) is 2.47. The Morgan fingerprint density at radius 2 is 1.64 bits per heavy atom. The monoisotopic (exact) mass is 340 g/mol. The van der Waals surface area contributed by atoms with Crippen molar-refractivity contribution in [2.75, 3.05) is 13.1 Å². The number of carbonyl (C=O) groups is 2. The maximum absolute atomic E-state index is 12.6. The van der Waals surface area contributed by atoms with Crippen LogP contribution in [0, 0.1) is 0 Å². The number of aromatic nitrogens is 2. The van der Waals surface area contributed by atoms with E-state index in [-0.39, 0.29) is 17.5 Å². The Balaban J connectivity index is 2.06. The summed E-state index contributed by atoms with van der Waals surface area (Å²) >= 11 is 0. The van der Waals surface area contributed by atoms with Crippen LogP contribution in [0.3, 0.4) is 0 Å². The highest BCUT2D eigenvalue weighted by Crippen LogP contribution is 2.06. The van der Waals surface area contributed by atoms with Crippen LogP contribution in [-0.4, -0.2) is 39.8 Å². The average molecular weight is 340 g/mol. The summed E-state index contributed by atoms with van der Waals surface area (Å²) in [6, 6.07) is 8.63. The zero-order valence-corrected chi connectivity index (χ0v) is 14.7. The molecule has 0 aliphatic heterocycles. The van der Waals surface area contributed by atoms with Gasteiger partial charge in [0.15, 0.2) is 0 Å². The van der Waals surface area contributed by atoms with Crippen LogP contribution in [0.1, 0.15) is 53.2 Å². The number of nitrogens with one attached hydrogen (secondary N) is 1. The van der Waals surface area contributed by atoms with Gasteiger partial charge in [-0.15, -0.1) is 0 Å². The highest BCUT2D eigenvalue weighted by atomic mass is 16.2. The van der Waals surface area contributed by atoms with Crippen molar-refractivity contribution in [3.05, 3.63) is 59.7 Å².